The molecule has 126 valence electrons. The summed E-state index contributed by atoms with van der Waals surface area (Å²) in [7, 11) is 0. The summed E-state index contributed by atoms with van der Waals surface area (Å²) in [4.78, 5) is 25.2. The van der Waals surface area contributed by atoms with E-state index < -0.39 is 10.8 Å². The lowest BCUT2D eigenvalue weighted by atomic mass is 10.2. The van der Waals surface area contributed by atoms with E-state index in [1.54, 1.807) is 17.0 Å². The molecule has 0 aliphatic carbocycles. The predicted molar refractivity (Wildman–Crippen MR) is 93.2 cm³/mol. The molecular weight excluding hydrogens is 324 g/mol. The molecule has 0 saturated carbocycles. The molecule has 2 aromatic heterocycles. The molecule has 0 aliphatic rings. The van der Waals surface area contributed by atoms with E-state index in [0.29, 0.717) is 5.82 Å². The number of benzene rings is 1. The van der Waals surface area contributed by atoms with Crippen molar-refractivity contribution in [1.82, 2.24) is 9.55 Å². The summed E-state index contributed by atoms with van der Waals surface area (Å²) in [6, 6.07) is 10.4. The van der Waals surface area contributed by atoms with Gasteiger partial charge in [-0.25, -0.2) is 4.98 Å². The van der Waals surface area contributed by atoms with Gasteiger partial charge in [-0.1, -0.05) is 18.2 Å². The van der Waals surface area contributed by atoms with E-state index in [9.17, 15) is 14.9 Å². The van der Waals surface area contributed by atoms with E-state index in [2.05, 4.69) is 15.5 Å². The molecule has 9 nitrogen and oxygen atoms in total. The van der Waals surface area contributed by atoms with E-state index >= 15 is 0 Å². The van der Waals surface area contributed by atoms with Crippen LogP contribution in [0.15, 0.2) is 53.9 Å². The summed E-state index contributed by atoms with van der Waals surface area (Å²) in [6.07, 6.45) is 4.52. The van der Waals surface area contributed by atoms with Gasteiger partial charge in [0, 0.05) is 28.7 Å². The molecule has 1 aromatic carbocycles. The monoisotopic (exact) mass is 338 g/mol. The fourth-order valence-electron chi connectivity index (χ4n) is 2.40. The number of nitrogens with zero attached hydrogens (tertiary/aromatic N) is 4. The number of anilines is 1. The normalized spacial score (nSPS) is 11.0. The van der Waals surface area contributed by atoms with Gasteiger partial charge in [-0.3, -0.25) is 20.3 Å². The number of hydrazone groups is 1. The van der Waals surface area contributed by atoms with Crippen LogP contribution < -0.4 is 11.2 Å². The van der Waals surface area contributed by atoms with Crippen LogP contribution in [0.4, 0.5) is 11.5 Å². The number of carbonyl (C=O) groups excluding carboxylic acids is 1. The molecule has 2 heterocycles. The topological polar surface area (TPSA) is 128 Å². The molecule has 0 fully saturated rings. The number of amides is 1. The van der Waals surface area contributed by atoms with E-state index in [1.165, 1.54) is 12.1 Å². The lowest BCUT2D eigenvalue weighted by Gasteiger charge is -2.00. The van der Waals surface area contributed by atoms with Crippen LogP contribution in [0.1, 0.15) is 5.56 Å². The molecule has 3 N–H and O–H groups in total. The number of aromatic nitrogens is 2. The van der Waals surface area contributed by atoms with E-state index in [1.807, 2.05) is 24.3 Å². The summed E-state index contributed by atoms with van der Waals surface area (Å²) in [5.74, 6) is -0.0554. The number of pyridine rings is 1. The first-order valence-corrected chi connectivity index (χ1v) is 7.30. The first-order chi connectivity index (χ1) is 12.0. The van der Waals surface area contributed by atoms with Crippen molar-refractivity contribution in [3.63, 3.8) is 0 Å². The fraction of sp³-hybridized carbons (Fsp3) is 0.0625. The Bertz CT molecular complexity index is 962. The highest BCUT2D eigenvalue weighted by molar-refractivity contribution is 6.00. The number of hydrogen-bond acceptors (Lipinski definition) is 6. The lowest BCUT2D eigenvalue weighted by molar-refractivity contribution is -0.385. The number of rotatable bonds is 6. The largest absolute Gasteiger partial charge is 0.368 e. The molecule has 25 heavy (non-hydrogen) atoms. The van der Waals surface area contributed by atoms with Gasteiger partial charge in [0.15, 0.2) is 0 Å². The second-order valence-corrected chi connectivity index (χ2v) is 5.22. The number of primary amides is 1. The van der Waals surface area contributed by atoms with E-state index in [-0.39, 0.29) is 12.2 Å². The van der Waals surface area contributed by atoms with Crippen LogP contribution >= 0.6 is 0 Å². The predicted octanol–water partition coefficient (Wildman–Crippen LogP) is 1.88. The third-order valence-electron chi connectivity index (χ3n) is 3.49. The van der Waals surface area contributed by atoms with Crippen LogP contribution in [-0.4, -0.2) is 26.6 Å². The third-order valence-corrected chi connectivity index (χ3v) is 3.49. The Labute approximate surface area is 141 Å². The Kier molecular flexibility index (Phi) is 4.38. The van der Waals surface area contributed by atoms with Crippen molar-refractivity contribution in [1.29, 1.82) is 0 Å². The summed E-state index contributed by atoms with van der Waals surface area (Å²) < 4.78 is 1.75. The van der Waals surface area contributed by atoms with Crippen LogP contribution in [0.25, 0.3) is 10.9 Å². The molecule has 0 radical (unpaired) electrons. The van der Waals surface area contributed by atoms with Crippen molar-refractivity contribution < 1.29 is 9.72 Å². The second kappa shape index (κ2) is 6.79. The number of nitrogens with two attached hydrogens (primary N) is 1. The minimum absolute atomic E-state index is 0.0751. The number of para-hydroxylation sites is 1. The number of fused-ring (bicyclic) bond motifs is 1. The molecule has 3 aromatic rings. The van der Waals surface area contributed by atoms with Crippen LogP contribution in [-0.2, 0) is 11.3 Å². The molecule has 3 rings (SSSR count). The first-order valence-electron chi connectivity index (χ1n) is 7.30. The van der Waals surface area contributed by atoms with Crippen molar-refractivity contribution in [2.45, 2.75) is 6.54 Å². The molecule has 0 unspecified atom stereocenters. The fourth-order valence-corrected chi connectivity index (χ4v) is 2.40. The standard InChI is InChI=1S/C16H14N6O3/c17-15(23)10-21-9-11(13-3-1-2-4-14(13)21)7-19-20-16-6-5-12(8-18-16)22(24)25/h1-9H,10H2,(H2,17,23)(H,18,20)/b19-7-. The maximum atomic E-state index is 11.2. The molecule has 0 atom stereocenters. The van der Waals surface area contributed by atoms with Crippen LogP contribution in [0.2, 0.25) is 0 Å². The minimum Gasteiger partial charge on any atom is -0.368 e. The van der Waals surface area contributed by atoms with Crippen LogP contribution in [0, 0.1) is 10.1 Å². The number of carbonyl (C=O) groups is 1. The average molecular weight is 338 g/mol. The molecule has 9 heteroatoms. The number of nitrogens with one attached hydrogen (secondary N) is 1. The Balaban J connectivity index is 1.81. The van der Waals surface area contributed by atoms with Gasteiger partial charge in [0.05, 0.1) is 11.1 Å². The van der Waals surface area contributed by atoms with Gasteiger partial charge in [-0.2, -0.15) is 5.10 Å². The smallest absolute Gasteiger partial charge is 0.287 e. The molecule has 0 bridgehead atoms. The molecule has 1 amide bonds. The lowest BCUT2D eigenvalue weighted by Crippen LogP contribution is -2.17. The summed E-state index contributed by atoms with van der Waals surface area (Å²) in [6.45, 7) is 0.0751. The Morgan fingerprint density at radius 1 is 1.36 bits per heavy atom. The highest BCUT2D eigenvalue weighted by Gasteiger charge is 2.08. The molecule has 0 aliphatic heterocycles. The van der Waals surface area contributed by atoms with E-state index in [0.717, 1.165) is 22.7 Å². The van der Waals surface area contributed by atoms with Crippen molar-refractivity contribution in [2.24, 2.45) is 10.8 Å². The van der Waals surface area contributed by atoms with Gasteiger partial charge >= 0.3 is 0 Å². The summed E-state index contributed by atoms with van der Waals surface area (Å²) in [5, 5.41) is 15.6. The number of nitro groups is 1. The molecule has 0 saturated heterocycles. The van der Waals surface area contributed by atoms with Crippen molar-refractivity contribution in [3.8, 4) is 0 Å². The second-order valence-electron chi connectivity index (χ2n) is 5.22. The Morgan fingerprint density at radius 3 is 2.84 bits per heavy atom. The maximum absolute atomic E-state index is 11.2. The zero-order chi connectivity index (χ0) is 17.8. The Morgan fingerprint density at radius 2 is 2.16 bits per heavy atom. The van der Waals surface area contributed by atoms with Crippen molar-refractivity contribution >= 4 is 34.5 Å². The van der Waals surface area contributed by atoms with Gasteiger partial charge in [0.1, 0.15) is 18.6 Å². The zero-order valence-corrected chi connectivity index (χ0v) is 13.0. The van der Waals surface area contributed by atoms with Crippen molar-refractivity contribution in [2.75, 3.05) is 5.43 Å². The quantitative estimate of drug-likeness (QED) is 0.403. The third kappa shape index (κ3) is 3.61. The van der Waals surface area contributed by atoms with Gasteiger partial charge in [0.25, 0.3) is 5.69 Å². The van der Waals surface area contributed by atoms with Crippen LogP contribution in [0.5, 0.6) is 0 Å². The maximum Gasteiger partial charge on any atom is 0.287 e. The summed E-state index contributed by atoms with van der Waals surface area (Å²) in [5.41, 5.74) is 9.56. The molecular formula is C16H14N6O3. The van der Waals surface area contributed by atoms with Gasteiger partial charge in [0.2, 0.25) is 5.91 Å². The van der Waals surface area contributed by atoms with Gasteiger partial charge < -0.3 is 10.3 Å². The number of hydrogen-bond donors (Lipinski definition) is 2. The Hall–Kier alpha value is -3.75. The highest BCUT2D eigenvalue weighted by Crippen LogP contribution is 2.20. The van der Waals surface area contributed by atoms with Crippen LogP contribution in [0.3, 0.4) is 0 Å². The zero-order valence-electron chi connectivity index (χ0n) is 13.0. The molecule has 0 spiro atoms. The SMILES string of the molecule is NC(=O)Cn1cc(/C=N\Nc2ccc([N+](=O)[O-])cn2)c2ccccc21. The van der Waals surface area contributed by atoms with E-state index in [4.69, 9.17) is 5.73 Å². The van der Waals surface area contributed by atoms with Crippen molar-refractivity contribution in [3.05, 3.63) is 64.5 Å². The van der Waals surface area contributed by atoms with Gasteiger partial charge in [-0.05, 0) is 12.1 Å². The highest BCUT2D eigenvalue weighted by atomic mass is 16.6. The minimum atomic E-state index is -0.520. The average Bonchev–Trinajstić information content (AvgIpc) is 2.93. The van der Waals surface area contributed by atoms with Gasteiger partial charge in [-0.15, -0.1) is 0 Å². The summed E-state index contributed by atoms with van der Waals surface area (Å²) >= 11 is 0. The first kappa shape index (κ1) is 16.1.